The average molecular weight is 251 g/mol. The minimum Gasteiger partial charge on any atom is -0.461 e. The third-order valence-electron chi connectivity index (χ3n) is 3.21. The fourth-order valence-corrected chi connectivity index (χ4v) is 2.23. The molecule has 0 fully saturated rings. The van der Waals surface area contributed by atoms with E-state index in [1.807, 2.05) is 41.9 Å². The molecule has 1 aromatic carbocycles. The zero-order valence-electron chi connectivity index (χ0n) is 10.6. The SMILES string of the molecule is Cn1c(-c2ccco2)nc2cc(CCC#N)ccc21. The van der Waals surface area contributed by atoms with Gasteiger partial charge in [-0.15, -0.1) is 0 Å². The summed E-state index contributed by atoms with van der Waals surface area (Å²) in [6.07, 6.45) is 2.94. The highest BCUT2D eigenvalue weighted by atomic mass is 16.3. The molecule has 0 aliphatic carbocycles. The number of rotatable bonds is 3. The summed E-state index contributed by atoms with van der Waals surface area (Å²) in [5.41, 5.74) is 3.13. The zero-order chi connectivity index (χ0) is 13.2. The first-order valence-electron chi connectivity index (χ1n) is 6.16. The largest absolute Gasteiger partial charge is 0.461 e. The van der Waals surface area contributed by atoms with E-state index in [9.17, 15) is 0 Å². The minimum absolute atomic E-state index is 0.531. The maximum absolute atomic E-state index is 8.63. The Morgan fingerprint density at radius 3 is 3.00 bits per heavy atom. The molecule has 0 aliphatic heterocycles. The van der Waals surface area contributed by atoms with Crippen molar-refractivity contribution in [3.63, 3.8) is 0 Å². The molecule has 0 N–H and O–H groups in total. The molecular formula is C15H13N3O. The van der Waals surface area contributed by atoms with Crippen LogP contribution in [-0.4, -0.2) is 9.55 Å². The lowest BCUT2D eigenvalue weighted by Gasteiger charge is -1.99. The summed E-state index contributed by atoms with van der Waals surface area (Å²) in [5, 5.41) is 8.63. The van der Waals surface area contributed by atoms with Crippen LogP contribution in [0.1, 0.15) is 12.0 Å². The van der Waals surface area contributed by atoms with E-state index in [4.69, 9.17) is 9.68 Å². The van der Waals surface area contributed by atoms with Gasteiger partial charge in [0.2, 0.25) is 0 Å². The Labute approximate surface area is 110 Å². The van der Waals surface area contributed by atoms with E-state index < -0.39 is 0 Å². The van der Waals surface area contributed by atoms with E-state index in [1.54, 1.807) is 6.26 Å². The molecular weight excluding hydrogens is 238 g/mol. The third kappa shape index (κ3) is 2.00. The van der Waals surface area contributed by atoms with Crippen LogP contribution in [0.25, 0.3) is 22.6 Å². The van der Waals surface area contributed by atoms with Crippen LogP contribution in [0.3, 0.4) is 0 Å². The molecule has 3 rings (SSSR count). The van der Waals surface area contributed by atoms with Crippen LogP contribution < -0.4 is 0 Å². The van der Waals surface area contributed by atoms with Gasteiger partial charge in [-0.2, -0.15) is 5.26 Å². The maximum atomic E-state index is 8.63. The van der Waals surface area contributed by atoms with Crippen molar-refractivity contribution in [3.8, 4) is 17.7 Å². The van der Waals surface area contributed by atoms with Crippen molar-refractivity contribution in [1.82, 2.24) is 9.55 Å². The lowest BCUT2D eigenvalue weighted by Crippen LogP contribution is -1.91. The van der Waals surface area contributed by atoms with Crippen LogP contribution in [0.2, 0.25) is 0 Å². The monoisotopic (exact) mass is 251 g/mol. The summed E-state index contributed by atoms with van der Waals surface area (Å²) in [5.74, 6) is 1.58. The van der Waals surface area contributed by atoms with Gasteiger partial charge in [0, 0.05) is 13.5 Å². The molecule has 0 radical (unpaired) electrons. The molecule has 0 aliphatic rings. The van der Waals surface area contributed by atoms with Gasteiger partial charge in [-0.1, -0.05) is 6.07 Å². The van der Waals surface area contributed by atoms with Crippen molar-refractivity contribution in [1.29, 1.82) is 5.26 Å². The molecule has 0 spiro atoms. The Bertz CT molecular complexity index is 748. The number of nitriles is 1. The van der Waals surface area contributed by atoms with E-state index in [0.29, 0.717) is 6.42 Å². The van der Waals surface area contributed by atoms with E-state index >= 15 is 0 Å². The fourth-order valence-electron chi connectivity index (χ4n) is 2.23. The summed E-state index contributed by atoms with van der Waals surface area (Å²) in [7, 11) is 1.97. The van der Waals surface area contributed by atoms with Crippen LogP contribution >= 0.6 is 0 Å². The summed E-state index contributed by atoms with van der Waals surface area (Å²) in [4.78, 5) is 4.61. The highest BCUT2D eigenvalue weighted by Crippen LogP contribution is 2.24. The number of hydrogen-bond donors (Lipinski definition) is 0. The normalized spacial score (nSPS) is 10.7. The first kappa shape index (κ1) is 11.5. The second-order valence-corrected chi connectivity index (χ2v) is 4.45. The minimum atomic E-state index is 0.531. The zero-order valence-corrected chi connectivity index (χ0v) is 10.6. The summed E-state index contributed by atoms with van der Waals surface area (Å²) >= 11 is 0. The maximum Gasteiger partial charge on any atom is 0.176 e. The van der Waals surface area contributed by atoms with Gasteiger partial charge in [0.25, 0.3) is 0 Å². The van der Waals surface area contributed by atoms with E-state index in [-0.39, 0.29) is 0 Å². The Balaban J connectivity index is 2.08. The van der Waals surface area contributed by atoms with Crippen LogP contribution in [0.4, 0.5) is 0 Å². The van der Waals surface area contributed by atoms with Crippen molar-refractivity contribution in [3.05, 3.63) is 42.2 Å². The van der Waals surface area contributed by atoms with Crippen molar-refractivity contribution < 1.29 is 4.42 Å². The van der Waals surface area contributed by atoms with Gasteiger partial charge in [-0.25, -0.2) is 4.98 Å². The van der Waals surface area contributed by atoms with Crippen molar-refractivity contribution in [2.24, 2.45) is 7.05 Å². The second kappa shape index (κ2) is 4.62. The van der Waals surface area contributed by atoms with E-state index in [0.717, 1.165) is 34.6 Å². The second-order valence-electron chi connectivity index (χ2n) is 4.45. The standard InChI is InChI=1S/C15H13N3O/c1-18-13-7-6-11(4-2-8-16)10-12(13)17-15(18)14-5-3-9-19-14/h3,5-7,9-10H,2,4H2,1H3. The van der Waals surface area contributed by atoms with Crippen LogP contribution in [0.5, 0.6) is 0 Å². The third-order valence-corrected chi connectivity index (χ3v) is 3.21. The summed E-state index contributed by atoms with van der Waals surface area (Å²) in [6.45, 7) is 0. The van der Waals surface area contributed by atoms with E-state index in [1.165, 1.54) is 0 Å². The number of nitrogens with zero attached hydrogens (tertiary/aromatic N) is 3. The molecule has 0 saturated carbocycles. The van der Waals surface area contributed by atoms with Gasteiger partial charge in [-0.05, 0) is 36.2 Å². The highest BCUT2D eigenvalue weighted by molar-refractivity contribution is 5.80. The number of furan rings is 1. The Kier molecular flexibility index (Phi) is 2.81. The molecule has 19 heavy (non-hydrogen) atoms. The topological polar surface area (TPSA) is 54.8 Å². The molecule has 4 nitrogen and oxygen atoms in total. The van der Waals surface area contributed by atoms with Gasteiger partial charge in [0.1, 0.15) is 0 Å². The van der Waals surface area contributed by atoms with Gasteiger partial charge < -0.3 is 8.98 Å². The molecule has 3 aromatic rings. The van der Waals surface area contributed by atoms with Gasteiger partial charge >= 0.3 is 0 Å². The van der Waals surface area contributed by atoms with Gasteiger partial charge in [0.05, 0.1) is 23.4 Å². The number of hydrogen-bond acceptors (Lipinski definition) is 3. The molecule has 4 heteroatoms. The predicted octanol–water partition coefficient (Wildman–Crippen LogP) is 3.29. The number of fused-ring (bicyclic) bond motifs is 1. The van der Waals surface area contributed by atoms with Gasteiger partial charge in [-0.3, -0.25) is 0 Å². The molecule has 0 saturated heterocycles. The molecule has 0 unspecified atom stereocenters. The number of imidazole rings is 1. The van der Waals surface area contributed by atoms with Crippen LogP contribution in [-0.2, 0) is 13.5 Å². The highest BCUT2D eigenvalue weighted by Gasteiger charge is 2.12. The molecule has 0 bridgehead atoms. The van der Waals surface area contributed by atoms with Crippen LogP contribution in [0, 0.1) is 11.3 Å². The first-order valence-corrected chi connectivity index (χ1v) is 6.16. The summed E-state index contributed by atoms with van der Waals surface area (Å²) in [6, 6.07) is 12.1. The van der Waals surface area contributed by atoms with Crippen molar-refractivity contribution in [2.75, 3.05) is 0 Å². The Hall–Kier alpha value is -2.54. The lowest BCUT2D eigenvalue weighted by atomic mass is 10.1. The van der Waals surface area contributed by atoms with Crippen molar-refractivity contribution in [2.45, 2.75) is 12.8 Å². The smallest absolute Gasteiger partial charge is 0.176 e. The molecule has 0 atom stereocenters. The van der Waals surface area contributed by atoms with Crippen LogP contribution in [0.15, 0.2) is 41.0 Å². The molecule has 0 amide bonds. The predicted molar refractivity (Wildman–Crippen MR) is 72.4 cm³/mol. The summed E-state index contributed by atoms with van der Waals surface area (Å²) < 4.78 is 7.41. The number of benzene rings is 1. The molecule has 94 valence electrons. The molecule has 2 aromatic heterocycles. The number of aryl methyl sites for hydroxylation is 2. The van der Waals surface area contributed by atoms with Crippen molar-refractivity contribution >= 4 is 11.0 Å². The number of aromatic nitrogens is 2. The fraction of sp³-hybridized carbons (Fsp3) is 0.200. The average Bonchev–Trinajstić information content (AvgIpc) is 3.04. The first-order chi connectivity index (χ1) is 9.29. The Morgan fingerprint density at radius 2 is 2.26 bits per heavy atom. The van der Waals surface area contributed by atoms with Gasteiger partial charge in [0.15, 0.2) is 11.6 Å². The molecule has 2 heterocycles. The van der Waals surface area contributed by atoms with E-state index in [2.05, 4.69) is 11.1 Å². The lowest BCUT2D eigenvalue weighted by molar-refractivity contribution is 0.574. The Morgan fingerprint density at radius 1 is 1.37 bits per heavy atom. The quantitative estimate of drug-likeness (QED) is 0.717.